The Morgan fingerprint density at radius 2 is 1.61 bits per heavy atom. The number of benzene rings is 2. The summed E-state index contributed by atoms with van der Waals surface area (Å²) in [5.74, 6) is -0.759. The quantitative estimate of drug-likeness (QED) is 0.485. The van der Waals surface area contributed by atoms with Gasteiger partial charge in [-0.1, -0.05) is 39.8 Å². The molecule has 2 aromatic carbocycles. The maximum absolute atomic E-state index is 13.2. The Morgan fingerprint density at radius 3 is 2.17 bits per heavy atom. The van der Waals surface area contributed by atoms with Crippen LogP contribution in [0.5, 0.6) is 0 Å². The molecule has 1 N–H and O–H groups in total. The van der Waals surface area contributed by atoms with Crippen molar-refractivity contribution in [2.45, 2.75) is 45.4 Å². The van der Waals surface area contributed by atoms with Crippen LogP contribution in [-0.2, 0) is 26.0 Å². The van der Waals surface area contributed by atoms with Gasteiger partial charge >= 0.3 is 0 Å². The predicted octanol–water partition coefficient (Wildman–Crippen LogP) is 4.16. The Labute approximate surface area is 213 Å². The predicted molar refractivity (Wildman–Crippen MR) is 138 cm³/mol. The molecule has 1 atom stereocenters. The van der Waals surface area contributed by atoms with E-state index < -0.39 is 15.9 Å². The van der Waals surface area contributed by atoms with Gasteiger partial charge in [0.1, 0.15) is 5.82 Å². The lowest BCUT2D eigenvalue weighted by molar-refractivity contribution is -0.128. The number of halogens is 1. The van der Waals surface area contributed by atoms with Gasteiger partial charge in [-0.15, -0.1) is 0 Å². The molecule has 1 aliphatic rings. The lowest BCUT2D eigenvalue weighted by Gasteiger charge is -2.25. The van der Waals surface area contributed by atoms with Gasteiger partial charge in [-0.05, 0) is 60.2 Å². The van der Waals surface area contributed by atoms with E-state index in [9.17, 15) is 22.4 Å². The summed E-state index contributed by atoms with van der Waals surface area (Å²) in [5.41, 5.74) is 1.41. The molecule has 7 nitrogen and oxygen atoms in total. The summed E-state index contributed by atoms with van der Waals surface area (Å²) in [6.45, 7) is 9.59. The van der Waals surface area contributed by atoms with Gasteiger partial charge in [0.05, 0.1) is 10.8 Å². The van der Waals surface area contributed by atoms with Crippen LogP contribution < -0.4 is 5.32 Å². The highest BCUT2D eigenvalue weighted by Gasteiger charge is 2.34. The molecule has 3 rings (SSSR count). The third-order valence-corrected chi connectivity index (χ3v) is 7.91. The summed E-state index contributed by atoms with van der Waals surface area (Å²) >= 11 is 0. The Bertz CT molecular complexity index is 1140. The van der Waals surface area contributed by atoms with Crippen molar-refractivity contribution in [3.63, 3.8) is 0 Å². The average Bonchev–Trinajstić information content (AvgIpc) is 3.18. The first-order valence-corrected chi connectivity index (χ1v) is 13.8. The SMILES string of the molecule is CC(C)CN(CC(C)C)S(=O)(=O)c1ccc(NC(=O)C2CC(=O)N(CCc3ccc(F)cc3)C2)cc1. The van der Waals surface area contributed by atoms with Crippen molar-refractivity contribution in [3.05, 3.63) is 59.9 Å². The second-order valence-corrected chi connectivity index (χ2v) is 12.2. The topological polar surface area (TPSA) is 86.8 Å². The number of nitrogens with one attached hydrogen (secondary N) is 1. The summed E-state index contributed by atoms with van der Waals surface area (Å²) in [5, 5.41) is 2.81. The lowest BCUT2D eigenvalue weighted by Crippen LogP contribution is -2.37. The van der Waals surface area contributed by atoms with Gasteiger partial charge in [-0.3, -0.25) is 9.59 Å². The molecule has 2 amide bonds. The summed E-state index contributed by atoms with van der Waals surface area (Å²) in [6, 6.07) is 12.3. The van der Waals surface area contributed by atoms with Crippen LogP contribution in [0.4, 0.5) is 10.1 Å². The van der Waals surface area contributed by atoms with Crippen LogP contribution in [0.1, 0.15) is 39.7 Å². The van der Waals surface area contributed by atoms with Gasteiger partial charge in [0, 0.05) is 38.3 Å². The number of rotatable bonds is 11. The number of sulfonamides is 1. The van der Waals surface area contributed by atoms with E-state index in [0.717, 1.165) is 5.56 Å². The molecular weight excluding hydrogens is 481 g/mol. The Morgan fingerprint density at radius 1 is 1.03 bits per heavy atom. The second kappa shape index (κ2) is 12.0. The van der Waals surface area contributed by atoms with E-state index in [0.29, 0.717) is 38.3 Å². The fraction of sp³-hybridized carbons (Fsp3) is 0.481. The molecule has 1 fully saturated rings. The highest BCUT2D eigenvalue weighted by Crippen LogP contribution is 2.23. The second-order valence-electron chi connectivity index (χ2n) is 10.2. The van der Waals surface area contributed by atoms with Crippen LogP contribution in [0.3, 0.4) is 0 Å². The largest absolute Gasteiger partial charge is 0.342 e. The molecule has 1 heterocycles. The molecule has 0 saturated carbocycles. The number of amides is 2. The Hall–Kier alpha value is -2.78. The maximum atomic E-state index is 13.2. The molecule has 2 aromatic rings. The van der Waals surface area contributed by atoms with Crippen molar-refractivity contribution in [1.82, 2.24) is 9.21 Å². The normalized spacial score (nSPS) is 16.4. The summed E-state index contributed by atoms with van der Waals surface area (Å²) in [6.07, 6.45) is 0.710. The molecule has 36 heavy (non-hydrogen) atoms. The fourth-order valence-corrected chi connectivity index (χ4v) is 6.03. The minimum absolute atomic E-state index is 0.0888. The van der Waals surface area contributed by atoms with E-state index in [1.165, 1.54) is 28.6 Å². The van der Waals surface area contributed by atoms with Crippen LogP contribution in [0, 0.1) is 23.6 Å². The minimum atomic E-state index is -3.65. The van der Waals surface area contributed by atoms with Crippen molar-refractivity contribution < 1.29 is 22.4 Å². The third-order valence-electron chi connectivity index (χ3n) is 6.07. The van der Waals surface area contributed by atoms with Crippen molar-refractivity contribution in [3.8, 4) is 0 Å². The van der Waals surface area contributed by atoms with Gasteiger partial charge in [0.2, 0.25) is 21.8 Å². The summed E-state index contributed by atoms with van der Waals surface area (Å²) < 4.78 is 40.9. The van der Waals surface area contributed by atoms with E-state index in [2.05, 4.69) is 5.32 Å². The molecule has 1 saturated heterocycles. The van der Waals surface area contributed by atoms with E-state index in [1.54, 1.807) is 29.2 Å². The van der Waals surface area contributed by atoms with Gasteiger partial charge in [0.15, 0.2) is 0 Å². The van der Waals surface area contributed by atoms with Gasteiger partial charge in [-0.2, -0.15) is 4.31 Å². The van der Waals surface area contributed by atoms with E-state index in [1.807, 2.05) is 27.7 Å². The Balaban J connectivity index is 1.59. The number of carbonyl (C=O) groups excluding carboxylic acids is 2. The van der Waals surface area contributed by atoms with Gasteiger partial charge in [0.25, 0.3) is 0 Å². The number of likely N-dealkylation sites (tertiary alicyclic amines) is 1. The first kappa shape index (κ1) is 27.8. The maximum Gasteiger partial charge on any atom is 0.243 e. The van der Waals surface area contributed by atoms with Crippen LogP contribution in [0.15, 0.2) is 53.4 Å². The van der Waals surface area contributed by atoms with Crippen molar-refractivity contribution in [2.24, 2.45) is 17.8 Å². The van der Waals surface area contributed by atoms with Crippen molar-refractivity contribution in [2.75, 3.05) is 31.5 Å². The zero-order chi connectivity index (χ0) is 26.5. The molecular formula is C27H36FN3O4S. The molecule has 196 valence electrons. The number of anilines is 1. The molecule has 1 unspecified atom stereocenters. The highest BCUT2D eigenvalue weighted by atomic mass is 32.2. The van der Waals surface area contributed by atoms with Gasteiger partial charge in [-0.25, -0.2) is 12.8 Å². The number of hydrogen-bond donors (Lipinski definition) is 1. The summed E-state index contributed by atoms with van der Waals surface area (Å²) in [4.78, 5) is 27.0. The smallest absolute Gasteiger partial charge is 0.243 e. The first-order valence-electron chi connectivity index (χ1n) is 12.4. The summed E-state index contributed by atoms with van der Waals surface area (Å²) in [7, 11) is -3.65. The van der Waals surface area contributed by atoms with Crippen LogP contribution in [0.2, 0.25) is 0 Å². The standard InChI is InChI=1S/C27H36FN3O4S/c1-19(2)16-31(17-20(3)4)36(34,35)25-11-9-24(10-12-25)29-27(33)22-15-26(32)30(18-22)14-13-21-5-7-23(28)8-6-21/h5-12,19-20,22H,13-18H2,1-4H3,(H,29,33). The van der Waals surface area contributed by atoms with Crippen molar-refractivity contribution >= 4 is 27.5 Å². The highest BCUT2D eigenvalue weighted by molar-refractivity contribution is 7.89. The zero-order valence-corrected chi connectivity index (χ0v) is 22.2. The molecule has 0 aromatic heterocycles. The molecule has 1 aliphatic heterocycles. The molecule has 0 radical (unpaired) electrons. The van der Waals surface area contributed by atoms with E-state index in [4.69, 9.17) is 0 Å². The molecule has 0 bridgehead atoms. The molecule has 9 heteroatoms. The third kappa shape index (κ3) is 7.36. The molecule has 0 spiro atoms. The van der Waals surface area contributed by atoms with E-state index >= 15 is 0 Å². The average molecular weight is 518 g/mol. The Kier molecular flexibility index (Phi) is 9.24. The lowest BCUT2D eigenvalue weighted by atomic mass is 10.1. The van der Waals surface area contributed by atoms with Crippen LogP contribution in [0.25, 0.3) is 0 Å². The van der Waals surface area contributed by atoms with Crippen LogP contribution >= 0.6 is 0 Å². The van der Waals surface area contributed by atoms with Crippen molar-refractivity contribution in [1.29, 1.82) is 0 Å². The van der Waals surface area contributed by atoms with Crippen LogP contribution in [-0.4, -0.2) is 55.6 Å². The monoisotopic (exact) mass is 517 g/mol. The number of carbonyl (C=O) groups is 2. The van der Waals surface area contributed by atoms with Gasteiger partial charge < -0.3 is 10.2 Å². The first-order chi connectivity index (χ1) is 17.0. The zero-order valence-electron chi connectivity index (χ0n) is 21.4. The minimum Gasteiger partial charge on any atom is -0.342 e. The number of nitrogens with zero attached hydrogens (tertiary/aromatic N) is 2. The molecule has 0 aliphatic carbocycles. The number of hydrogen-bond acceptors (Lipinski definition) is 4. The fourth-order valence-electron chi connectivity index (χ4n) is 4.27. The van der Waals surface area contributed by atoms with E-state index in [-0.39, 0.29) is 40.8 Å².